The predicted molar refractivity (Wildman–Crippen MR) is 93.9 cm³/mol. The predicted octanol–water partition coefficient (Wildman–Crippen LogP) is 3.49. The van der Waals surface area contributed by atoms with Crippen LogP contribution in [-0.2, 0) is 4.74 Å². The number of carbonyl (C=O) groups excluding carboxylic acids is 3. The zero-order valence-corrected chi connectivity index (χ0v) is 14.2. The number of rotatable bonds is 4. The van der Waals surface area contributed by atoms with E-state index in [0.717, 1.165) is 9.60 Å². The molecule has 0 radical (unpaired) electrons. The van der Waals surface area contributed by atoms with Gasteiger partial charge in [0.15, 0.2) is 0 Å². The second kappa shape index (κ2) is 6.34. The fraction of sp³-hybridized carbons (Fsp3) is 0.105. The van der Waals surface area contributed by atoms with Gasteiger partial charge in [0.25, 0.3) is 11.8 Å². The molecule has 1 aliphatic heterocycles. The van der Waals surface area contributed by atoms with E-state index in [4.69, 9.17) is 4.74 Å². The van der Waals surface area contributed by atoms with Crippen molar-refractivity contribution in [1.82, 2.24) is 4.90 Å². The van der Waals surface area contributed by atoms with Crippen LogP contribution < -0.4 is 0 Å². The van der Waals surface area contributed by atoms with Crippen molar-refractivity contribution in [2.24, 2.45) is 0 Å². The SMILES string of the molecule is O=C(OCCN1C(=O)c2ccccc2C1=O)c1cc2cc(F)ccc2s1. The minimum absolute atomic E-state index is 0.0163. The van der Waals surface area contributed by atoms with Gasteiger partial charge in [0.05, 0.1) is 17.7 Å². The van der Waals surface area contributed by atoms with Crippen LogP contribution in [0.5, 0.6) is 0 Å². The molecule has 0 spiro atoms. The third-order valence-corrected chi connectivity index (χ3v) is 5.20. The van der Waals surface area contributed by atoms with Crippen molar-refractivity contribution < 1.29 is 23.5 Å². The summed E-state index contributed by atoms with van der Waals surface area (Å²) >= 11 is 1.20. The van der Waals surface area contributed by atoms with E-state index in [1.807, 2.05) is 0 Å². The molecule has 4 rings (SSSR count). The van der Waals surface area contributed by atoms with Crippen LogP contribution in [-0.4, -0.2) is 35.8 Å². The van der Waals surface area contributed by atoms with Crippen LogP contribution >= 0.6 is 11.3 Å². The van der Waals surface area contributed by atoms with Gasteiger partial charge in [-0.3, -0.25) is 14.5 Å². The first-order valence-corrected chi connectivity index (χ1v) is 8.68. The molecule has 0 N–H and O–H groups in total. The Morgan fingerprint density at radius 3 is 2.42 bits per heavy atom. The number of benzene rings is 2. The zero-order chi connectivity index (χ0) is 18.3. The number of thiophene rings is 1. The van der Waals surface area contributed by atoms with Gasteiger partial charge in [0.2, 0.25) is 0 Å². The maximum atomic E-state index is 13.2. The number of amides is 2. The van der Waals surface area contributed by atoms with Crippen molar-refractivity contribution in [2.45, 2.75) is 0 Å². The van der Waals surface area contributed by atoms with Crippen molar-refractivity contribution in [3.05, 3.63) is 70.4 Å². The average molecular weight is 369 g/mol. The first kappa shape index (κ1) is 16.4. The number of halogens is 1. The summed E-state index contributed by atoms with van der Waals surface area (Å²) in [6, 6.07) is 12.4. The molecule has 0 saturated carbocycles. The quantitative estimate of drug-likeness (QED) is 0.522. The summed E-state index contributed by atoms with van der Waals surface area (Å²) in [5.74, 6) is -1.72. The van der Waals surface area contributed by atoms with Crippen LogP contribution in [0.15, 0.2) is 48.5 Å². The summed E-state index contributed by atoms with van der Waals surface area (Å²) < 4.78 is 19.2. The molecule has 1 aromatic heterocycles. The van der Waals surface area contributed by atoms with Crippen LogP contribution in [0.3, 0.4) is 0 Å². The molecular formula is C19H12FNO4S. The van der Waals surface area contributed by atoms with E-state index >= 15 is 0 Å². The summed E-state index contributed by atoms with van der Waals surface area (Å²) in [5, 5.41) is 0.627. The number of fused-ring (bicyclic) bond motifs is 2. The number of nitrogens with zero attached hydrogens (tertiary/aromatic N) is 1. The van der Waals surface area contributed by atoms with Gasteiger partial charge in [-0.15, -0.1) is 11.3 Å². The van der Waals surface area contributed by atoms with E-state index in [1.165, 1.54) is 23.5 Å². The standard InChI is InChI=1S/C19H12FNO4S/c20-12-5-6-15-11(9-12)10-16(26-15)19(24)25-8-7-21-17(22)13-3-1-2-4-14(13)18(21)23/h1-6,9-10H,7-8H2. The van der Waals surface area contributed by atoms with Gasteiger partial charge in [-0.25, -0.2) is 9.18 Å². The third-order valence-electron chi connectivity index (χ3n) is 4.11. The molecule has 130 valence electrons. The molecule has 3 aromatic rings. The fourth-order valence-electron chi connectivity index (χ4n) is 2.86. The number of imide groups is 1. The highest BCUT2D eigenvalue weighted by Crippen LogP contribution is 2.27. The monoisotopic (exact) mass is 369 g/mol. The first-order valence-electron chi connectivity index (χ1n) is 7.86. The van der Waals surface area contributed by atoms with Crippen molar-refractivity contribution >= 4 is 39.2 Å². The Morgan fingerprint density at radius 2 is 1.73 bits per heavy atom. The van der Waals surface area contributed by atoms with E-state index in [2.05, 4.69) is 0 Å². The van der Waals surface area contributed by atoms with Gasteiger partial charge < -0.3 is 4.74 Å². The van der Waals surface area contributed by atoms with Crippen LogP contribution in [0.1, 0.15) is 30.4 Å². The van der Waals surface area contributed by atoms with Crippen LogP contribution in [0.2, 0.25) is 0 Å². The third kappa shape index (κ3) is 2.76. The number of ether oxygens (including phenoxy) is 1. The fourth-order valence-corrected chi connectivity index (χ4v) is 3.79. The lowest BCUT2D eigenvalue weighted by atomic mass is 10.1. The number of carbonyl (C=O) groups is 3. The molecule has 26 heavy (non-hydrogen) atoms. The lowest BCUT2D eigenvalue weighted by molar-refractivity contribution is 0.0424. The summed E-state index contributed by atoms with van der Waals surface area (Å²) in [4.78, 5) is 38.0. The Morgan fingerprint density at radius 1 is 1.04 bits per heavy atom. The zero-order valence-electron chi connectivity index (χ0n) is 13.4. The van der Waals surface area contributed by atoms with E-state index in [0.29, 0.717) is 21.4 Å². The second-order valence-corrected chi connectivity index (χ2v) is 6.82. The number of esters is 1. The first-order chi connectivity index (χ1) is 12.5. The van der Waals surface area contributed by atoms with Gasteiger partial charge >= 0.3 is 5.97 Å². The lowest BCUT2D eigenvalue weighted by Gasteiger charge is -2.13. The largest absolute Gasteiger partial charge is 0.460 e. The summed E-state index contributed by atoms with van der Waals surface area (Å²) in [6.45, 7) is -0.121. The molecule has 7 heteroatoms. The van der Waals surface area contributed by atoms with Gasteiger partial charge in [0.1, 0.15) is 17.3 Å². The highest BCUT2D eigenvalue weighted by Gasteiger charge is 2.34. The van der Waals surface area contributed by atoms with Crippen molar-refractivity contribution in [2.75, 3.05) is 13.2 Å². The molecule has 2 heterocycles. The summed E-state index contributed by atoms with van der Waals surface area (Å²) in [7, 11) is 0. The van der Waals surface area contributed by atoms with Gasteiger partial charge in [0, 0.05) is 4.70 Å². The highest BCUT2D eigenvalue weighted by atomic mass is 32.1. The van der Waals surface area contributed by atoms with Crippen molar-refractivity contribution in [3.8, 4) is 0 Å². The van der Waals surface area contributed by atoms with Gasteiger partial charge in [-0.2, -0.15) is 0 Å². The van der Waals surface area contributed by atoms with E-state index in [1.54, 1.807) is 36.4 Å². The molecular weight excluding hydrogens is 357 g/mol. The molecule has 0 unspecified atom stereocenters. The van der Waals surface area contributed by atoms with Crippen LogP contribution in [0.4, 0.5) is 4.39 Å². The summed E-state index contributed by atoms with van der Waals surface area (Å²) in [5.41, 5.74) is 0.714. The van der Waals surface area contributed by atoms with Gasteiger partial charge in [-0.05, 0) is 41.8 Å². The average Bonchev–Trinajstić information content (AvgIpc) is 3.16. The Labute approximate surface area is 151 Å². The second-order valence-electron chi connectivity index (χ2n) is 5.74. The summed E-state index contributed by atoms with van der Waals surface area (Å²) in [6.07, 6.45) is 0. The molecule has 0 saturated heterocycles. The van der Waals surface area contributed by atoms with E-state index in [9.17, 15) is 18.8 Å². The molecule has 5 nitrogen and oxygen atoms in total. The molecule has 0 atom stereocenters. The Balaban J connectivity index is 1.41. The maximum absolute atomic E-state index is 13.2. The molecule has 0 aliphatic carbocycles. The molecule has 2 aromatic carbocycles. The molecule has 0 bridgehead atoms. The molecule has 2 amide bonds. The minimum Gasteiger partial charge on any atom is -0.460 e. The maximum Gasteiger partial charge on any atom is 0.348 e. The normalized spacial score (nSPS) is 13.3. The van der Waals surface area contributed by atoms with Crippen molar-refractivity contribution in [3.63, 3.8) is 0 Å². The Bertz CT molecular complexity index is 1020. The number of hydrogen-bond donors (Lipinski definition) is 0. The van der Waals surface area contributed by atoms with Gasteiger partial charge in [-0.1, -0.05) is 12.1 Å². The lowest BCUT2D eigenvalue weighted by Crippen LogP contribution is -2.33. The highest BCUT2D eigenvalue weighted by molar-refractivity contribution is 7.20. The van der Waals surface area contributed by atoms with E-state index in [-0.39, 0.29) is 30.8 Å². The minimum atomic E-state index is -0.566. The van der Waals surface area contributed by atoms with Crippen LogP contribution in [0.25, 0.3) is 10.1 Å². The van der Waals surface area contributed by atoms with E-state index < -0.39 is 5.97 Å². The topological polar surface area (TPSA) is 63.7 Å². The Kier molecular flexibility index (Phi) is 4.00. The Hall–Kier alpha value is -3.06. The smallest absolute Gasteiger partial charge is 0.348 e. The molecule has 0 fully saturated rings. The number of hydrogen-bond acceptors (Lipinski definition) is 5. The van der Waals surface area contributed by atoms with Crippen molar-refractivity contribution in [1.29, 1.82) is 0 Å². The van der Waals surface area contributed by atoms with Crippen LogP contribution in [0, 0.1) is 5.82 Å². The molecule has 1 aliphatic rings.